The molecule has 0 aromatic heterocycles. The van der Waals surface area contributed by atoms with Crippen LogP contribution in [-0.2, 0) is 17.8 Å². The number of amides is 1. The quantitative estimate of drug-likeness (QED) is 0.270. The van der Waals surface area contributed by atoms with Gasteiger partial charge < -0.3 is 20.1 Å². The van der Waals surface area contributed by atoms with Gasteiger partial charge in [0.2, 0.25) is 0 Å². The predicted octanol–water partition coefficient (Wildman–Crippen LogP) is 6.59. The zero-order chi connectivity index (χ0) is 24.9. The Morgan fingerprint density at radius 1 is 0.917 bits per heavy atom. The van der Waals surface area contributed by atoms with E-state index in [1.54, 1.807) is 7.11 Å². The van der Waals surface area contributed by atoms with Crippen molar-refractivity contribution in [2.45, 2.75) is 25.4 Å². The van der Waals surface area contributed by atoms with Crippen LogP contribution in [0.25, 0.3) is 16.8 Å². The highest BCUT2D eigenvalue weighted by molar-refractivity contribution is 8.05. The lowest BCUT2D eigenvalue weighted by Crippen LogP contribution is -2.30. The van der Waals surface area contributed by atoms with E-state index in [0.717, 1.165) is 23.2 Å². The van der Waals surface area contributed by atoms with Gasteiger partial charge in [-0.3, -0.25) is 4.79 Å². The van der Waals surface area contributed by atoms with Gasteiger partial charge in [0.25, 0.3) is 5.91 Å². The summed E-state index contributed by atoms with van der Waals surface area (Å²) in [5, 5.41) is 8.73. The fraction of sp³-hybridized carbons (Fsp3) is 0.167. The van der Waals surface area contributed by atoms with E-state index in [1.165, 1.54) is 28.1 Å². The van der Waals surface area contributed by atoms with Crippen molar-refractivity contribution in [1.29, 1.82) is 0 Å². The Hall–Kier alpha value is -3.90. The molecule has 5 nitrogen and oxygen atoms in total. The molecule has 4 aromatic carbocycles. The lowest BCUT2D eigenvalue weighted by atomic mass is 10.1. The van der Waals surface area contributed by atoms with Gasteiger partial charge in [-0.15, -0.1) is 0 Å². The van der Waals surface area contributed by atoms with Gasteiger partial charge in [0.1, 0.15) is 6.61 Å². The number of hydrogen-bond acceptors (Lipinski definition) is 5. The fourth-order valence-electron chi connectivity index (χ4n) is 4.09. The summed E-state index contributed by atoms with van der Waals surface area (Å²) in [7, 11) is 1.62. The molecule has 1 aliphatic rings. The summed E-state index contributed by atoms with van der Waals surface area (Å²) in [6, 6.07) is 28.6. The van der Waals surface area contributed by atoms with Crippen LogP contribution in [0.2, 0.25) is 0 Å². The normalized spacial score (nSPS) is 16.2. The molecular weight excluding hydrogens is 468 g/mol. The molecule has 1 atom stereocenters. The van der Waals surface area contributed by atoms with Crippen LogP contribution >= 0.6 is 11.8 Å². The van der Waals surface area contributed by atoms with Crippen molar-refractivity contribution in [2.75, 3.05) is 12.4 Å². The fourth-order valence-corrected chi connectivity index (χ4v) is 5.07. The van der Waals surface area contributed by atoms with E-state index in [-0.39, 0.29) is 11.4 Å². The molecular formula is C30H28N2O3S. The first-order chi connectivity index (χ1) is 17.6. The Kier molecular flexibility index (Phi) is 7.14. The molecule has 5 rings (SSSR count). The van der Waals surface area contributed by atoms with E-state index >= 15 is 0 Å². The van der Waals surface area contributed by atoms with Gasteiger partial charge in [0, 0.05) is 5.69 Å². The second-order valence-corrected chi connectivity index (χ2v) is 9.70. The summed E-state index contributed by atoms with van der Waals surface area (Å²) in [6.07, 6.45) is 2.87. The first kappa shape index (κ1) is 23.8. The van der Waals surface area contributed by atoms with E-state index in [4.69, 9.17) is 9.47 Å². The average molecular weight is 497 g/mol. The van der Waals surface area contributed by atoms with Crippen molar-refractivity contribution in [2.24, 2.45) is 0 Å². The minimum absolute atomic E-state index is 0.0988. The smallest absolute Gasteiger partial charge is 0.260 e. The Bertz CT molecular complexity index is 1420. The SMILES string of the molecule is CCc1ccc(N[C@@H]2NC(=O)/C(=C/c3ccc(OCc4ccc5ccccc5c4)c(OC)c3)S2)cc1. The highest BCUT2D eigenvalue weighted by atomic mass is 32.2. The summed E-state index contributed by atoms with van der Waals surface area (Å²) < 4.78 is 11.6. The molecule has 1 saturated heterocycles. The number of ether oxygens (including phenoxy) is 2. The van der Waals surface area contributed by atoms with Crippen LogP contribution in [0.5, 0.6) is 11.5 Å². The molecule has 0 radical (unpaired) electrons. The number of hydrogen-bond donors (Lipinski definition) is 2. The Labute approximate surface area is 215 Å². The Morgan fingerprint density at radius 2 is 1.69 bits per heavy atom. The van der Waals surface area contributed by atoms with Crippen molar-refractivity contribution in [3.63, 3.8) is 0 Å². The van der Waals surface area contributed by atoms with Crippen molar-refractivity contribution >= 4 is 40.2 Å². The molecule has 1 amide bonds. The van der Waals surface area contributed by atoms with Crippen LogP contribution in [0.4, 0.5) is 5.69 Å². The zero-order valence-electron chi connectivity index (χ0n) is 20.3. The number of anilines is 1. The third-order valence-corrected chi connectivity index (χ3v) is 7.11. The van der Waals surface area contributed by atoms with Crippen LogP contribution in [0.15, 0.2) is 89.8 Å². The zero-order valence-corrected chi connectivity index (χ0v) is 21.1. The average Bonchev–Trinajstić information content (AvgIpc) is 3.26. The largest absolute Gasteiger partial charge is 0.493 e. The molecule has 1 heterocycles. The number of methoxy groups -OCH3 is 1. The van der Waals surface area contributed by atoms with Crippen LogP contribution < -0.4 is 20.1 Å². The maximum atomic E-state index is 12.6. The summed E-state index contributed by atoms with van der Waals surface area (Å²) in [4.78, 5) is 13.2. The van der Waals surface area contributed by atoms with Crippen LogP contribution in [0.3, 0.4) is 0 Å². The molecule has 0 bridgehead atoms. The number of aryl methyl sites for hydroxylation is 1. The molecule has 6 heteroatoms. The maximum Gasteiger partial charge on any atom is 0.260 e. The van der Waals surface area contributed by atoms with Crippen LogP contribution in [-0.4, -0.2) is 18.5 Å². The highest BCUT2D eigenvalue weighted by Crippen LogP contribution is 2.34. The molecule has 1 aliphatic heterocycles. The highest BCUT2D eigenvalue weighted by Gasteiger charge is 2.27. The molecule has 0 unspecified atom stereocenters. The van der Waals surface area contributed by atoms with Gasteiger partial charge in [-0.1, -0.05) is 73.3 Å². The number of fused-ring (bicyclic) bond motifs is 1. The maximum absolute atomic E-state index is 12.6. The second-order valence-electron chi connectivity index (χ2n) is 8.56. The lowest BCUT2D eigenvalue weighted by Gasteiger charge is -2.13. The predicted molar refractivity (Wildman–Crippen MR) is 148 cm³/mol. The van der Waals surface area contributed by atoms with Gasteiger partial charge in [0.15, 0.2) is 17.0 Å². The molecule has 182 valence electrons. The monoisotopic (exact) mass is 496 g/mol. The van der Waals surface area contributed by atoms with E-state index in [1.807, 2.05) is 48.5 Å². The number of carbonyl (C=O) groups is 1. The van der Waals surface area contributed by atoms with Gasteiger partial charge >= 0.3 is 0 Å². The number of benzene rings is 4. The number of carbonyl (C=O) groups excluding carboxylic acids is 1. The summed E-state index contributed by atoms with van der Waals surface area (Å²) in [5.41, 5.74) is 3.99. The lowest BCUT2D eigenvalue weighted by molar-refractivity contribution is -0.116. The van der Waals surface area contributed by atoms with Crippen molar-refractivity contribution in [3.8, 4) is 11.5 Å². The first-order valence-electron chi connectivity index (χ1n) is 11.9. The van der Waals surface area contributed by atoms with Crippen LogP contribution in [0.1, 0.15) is 23.6 Å². The number of thioether (sulfide) groups is 1. The third-order valence-electron chi connectivity index (χ3n) is 6.08. The Balaban J connectivity index is 1.25. The molecule has 1 fully saturated rings. The van der Waals surface area contributed by atoms with E-state index in [9.17, 15) is 4.79 Å². The molecule has 4 aromatic rings. The molecule has 0 saturated carbocycles. The topological polar surface area (TPSA) is 59.6 Å². The molecule has 0 spiro atoms. The third kappa shape index (κ3) is 5.50. The summed E-state index contributed by atoms with van der Waals surface area (Å²) in [6.45, 7) is 2.57. The standard InChI is InChI=1S/C30H28N2O3S/c1-3-20-9-13-25(14-10-20)31-30-32-29(33)28(36-30)18-21-11-15-26(27(17-21)34-2)35-19-22-8-12-23-6-4-5-7-24(23)16-22/h4-18,30-31H,3,19H2,1-2H3,(H,32,33)/b28-18-/t30-/m1/s1. The minimum atomic E-state index is -0.220. The molecule has 2 N–H and O–H groups in total. The minimum Gasteiger partial charge on any atom is -0.493 e. The first-order valence-corrected chi connectivity index (χ1v) is 12.8. The second kappa shape index (κ2) is 10.8. The molecule has 0 aliphatic carbocycles. The van der Waals surface area contributed by atoms with Gasteiger partial charge in [-0.2, -0.15) is 0 Å². The van der Waals surface area contributed by atoms with E-state index in [0.29, 0.717) is 23.0 Å². The van der Waals surface area contributed by atoms with Crippen molar-refractivity contribution in [3.05, 3.63) is 107 Å². The van der Waals surface area contributed by atoms with Crippen molar-refractivity contribution in [1.82, 2.24) is 5.32 Å². The van der Waals surface area contributed by atoms with Gasteiger partial charge in [0.05, 0.1) is 12.0 Å². The number of nitrogens with one attached hydrogen (secondary N) is 2. The summed E-state index contributed by atoms with van der Waals surface area (Å²) >= 11 is 1.46. The van der Waals surface area contributed by atoms with Crippen LogP contribution in [0, 0.1) is 0 Å². The van der Waals surface area contributed by atoms with E-state index in [2.05, 4.69) is 60.0 Å². The summed E-state index contributed by atoms with van der Waals surface area (Å²) in [5.74, 6) is 1.18. The van der Waals surface area contributed by atoms with Crippen molar-refractivity contribution < 1.29 is 14.3 Å². The van der Waals surface area contributed by atoms with Gasteiger partial charge in [-0.25, -0.2) is 0 Å². The van der Waals surface area contributed by atoms with E-state index < -0.39 is 0 Å². The Morgan fingerprint density at radius 3 is 2.47 bits per heavy atom. The van der Waals surface area contributed by atoms with Gasteiger partial charge in [-0.05, 0) is 70.3 Å². The molecule has 36 heavy (non-hydrogen) atoms. The number of rotatable bonds is 8.